The topological polar surface area (TPSA) is 150 Å². The molecule has 13 nitrogen and oxygen atoms in total. The lowest BCUT2D eigenvalue weighted by molar-refractivity contribution is -0.174. The summed E-state index contributed by atoms with van der Waals surface area (Å²) in [7, 11) is 0. The van der Waals surface area contributed by atoms with Gasteiger partial charge in [-0.3, -0.25) is 24.3 Å². The van der Waals surface area contributed by atoms with E-state index in [1.807, 2.05) is 0 Å². The summed E-state index contributed by atoms with van der Waals surface area (Å²) in [6.45, 7) is 1.75. The van der Waals surface area contributed by atoms with Gasteiger partial charge >= 0.3 is 18.2 Å². The zero-order chi connectivity index (χ0) is 32.9. The molecular formula is C27H29F5N8O5. The van der Waals surface area contributed by atoms with Crippen LogP contribution in [0.5, 0.6) is 0 Å². The summed E-state index contributed by atoms with van der Waals surface area (Å²) in [5.41, 5.74) is -1.73. The molecule has 18 heteroatoms. The van der Waals surface area contributed by atoms with Gasteiger partial charge in [-0.05, 0) is 13.3 Å². The van der Waals surface area contributed by atoms with E-state index in [9.17, 15) is 32.3 Å². The smallest absolute Gasteiger partial charge is 0.439 e. The van der Waals surface area contributed by atoms with Gasteiger partial charge in [-0.2, -0.15) is 13.2 Å². The fourth-order valence-corrected chi connectivity index (χ4v) is 4.56. The molecule has 1 aromatic carbocycles. The van der Waals surface area contributed by atoms with Crippen LogP contribution in [0.25, 0.3) is 5.65 Å². The molecule has 242 valence electrons. The molecule has 0 bridgehead atoms. The maximum absolute atomic E-state index is 15.3. The highest BCUT2D eigenvalue weighted by Crippen LogP contribution is 2.33. The number of benzene rings is 1. The average molecular weight is 641 g/mol. The summed E-state index contributed by atoms with van der Waals surface area (Å²) >= 11 is 0. The molecule has 4 amide bonds. The number of anilines is 2. The van der Waals surface area contributed by atoms with E-state index in [4.69, 9.17) is 4.74 Å². The van der Waals surface area contributed by atoms with Gasteiger partial charge < -0.3 is 30.0 Å². The number of fused-ring (bicyclic) bond motifs is 1. The molecule has 1 aliphatic rings. The Balaban J connectivity index is 1.34. The van der Waals surface area contributed by atoms with Crippen LogP contribution in [0.4, 0.5) is 38.1 Å². The van der Waals surface area contributed by atoms with Gasteiger partial charge in [-0.15, -0.1) is 0 Å². The number of amides is 4. The number of imidazole rings is 1. The Morgan fingerprint density at radius 1 is 1.11 bits per heavy atom. The van der Waals surface area contributed by atoms with Crippen molar-refractivity contribution in [2.75, 3.05) is 49.1 Å². The summed E-state index contributed by atoms with van der Waals surface area (Å²) < 4.78 is 74.8. The van der Waals surface area contributed by atoms with Gasteiger partial charge in [0.15, 0.2) is 17.3 Å². The molecule has 0 spiro atoms. The maximum Gasteiger partial charge on any atom is 0.471 e. The highest BCUT2D eigenvalue weighted by atomic mass is 19.4. The fraction of sp³-hybridized carbons (Fsp3) is 0.407. The molecule has 0 radical (unpaired) electrons. The number of hydrogen-bond donors (Lipinski definition) is 3. The first-order chi connectivity index (χ1) is 21.2. The van der Waals surface area contributed by atoms with E-state index in [1.165, 1.54) is 30.4 Å². The first kappa shape index (κ1) is 32.9. The van der Waals surface area contributed by atoms with Crippen molar-refractivity contribution >= 4 is 40.8 Å². The van der Waals surface area contributed by atoms with Crippen LogP contribution in [0.1, 0.15) is 30.8 Å². The van der Waals surface area contributed by atoms with Gasteiger partial charge in [0, 0.05) is 50.4 Å². The molecule has 0 aliphatic carbocycles. The third kappa shape index (κ3) is 7.93. The number of carbonyl (C=O) groups is 4. The lowest BCUT2D eigenvalue weighted by atomic mass is 10.1. The van der Waals surface area contributed by atoms with Crippen LogP contribution in [-0.2, 0) is 14.3 Å². The zero-order valence-electron chi connectivity index (χ0n) is 24.1. The highest BCUT2D eigenvalue weighted by molar-refractivity contribution is 5.95. The zero-order valence-corrected chi connectivity index (χ0v) is 24.1. The number of halogens is 5. The molecule has 3 N–H and O–H groups in total. The van der Waals surface area contributed by atoms with Gasteiger partial charge in [0.25, 0.3) is 5.91 Å². The van der Waals surface area contributed by atoms with Crippen LogP contribution in [-0.4, -0.2) is 89.2 Å². The Hall–Kier alpha value is -5.03. The Labute approximate surface area is 252 Å². The van der Waals surface area contributed by atoms with E-state index in [0.717, 1.165) is 17.0 Å². The summed E-state index contributed by atoms with van der Waals surface area (Å²) in [6.07, 6.45) is 0.354. The Bertz CT molecular complexity index is 1540. The number of nitrogens with one attached hydrogen (secondary N) is 3. The summed E-state index contributed by atoms with van der Waals surface area (Å²) in [4.78, 5) is 58.5. The largest absolute Gasteiger partial charge is 0.471 e. The number of rotatable bonds is 12. The number of aromatic nitrogens is 3. The molecule has 0 unspecified atom stereocenters. The van der Waals surface area contributed by atoms with Crippen LogP contribution >= 0.6 is 0 Å². The minimum Gasteiger partial charge on any atom is -0.439 e. The number of hydrogen-bond acceptors (Lipinski definition) is 8. The van der Waals surface area contributed by atoms with E-state index in [1.54, 1.807) is 22.8 Å². The van der Waals surface area contributed by atoms with E-state index >= 15 is 8.78 Å². The van der Waals surface area contributed by atoms with Crippen molar-refractivity contribution in [3.05, 3.63) is 54.2 Å². The summed E-state index contributed by atoms with van der Waals surface area (Å²) in [5.74, 6) is -5.43. The van der Waals surface area contributed by atoms with Gasteiger partial charge in [0.05, 0.1) is 31.5 Å². The van der Waals surface area contributed by atoms with Gasteiger partial charge in [0.2, 0.25) is 5.91 Å². The standard InChI is InChI=1S/C27H29F5N8O5/c1-3-6-38(8-5-34-21(41)12-35-23(42)19-13-39-7-4-33-11-20(39)37-19)22-17(28)9-16(10-18(22)29)40-15-26(2,45-25(40)44)14-36-24(43)27(30,31)32/h4,7,9-11,13H,3,5-6,8,12,14-15H2,1-2H3,(H,34,41)(H,35,42)(H,36,43)/t26-/m0/s1. The summed E-state index contributed by atoms with van der Waals surface area (Å²) in [5, 5.41) is 6.64. The van der Waals surface area contributed by atoms with Crippen LogP contribution in [0.2, 0.25) is 0 Å². The lowest BCUT2D eigenvalue weighted by Crippen LogP contribution is -2.47. The van der Waals surface area contributed by atoms with E-state index in [-0.39, 0.29) is 37.6 Å². The van der Waals surface area contributed by atoms with Gasteiger partial charge in [-0.25, -0.2) is 18.6 Å². The van der Waals surface area contributed by atoms with Gasteiger partial charge in [0.1, 0.15) is 17.0 Å². The van der Waals surface area contributed by atoms with E-state index < -0.39 is 66.0 Å². The monoisotopic (exact) mass is 640 g/mol. The average Bonchev–Trinajstić information content (AvgIpc) is 3.54. The highest BCUT2D eigenvalue weighted by Gasteiger charge is 2.45. The number of cyclic esters (lactones) is 1. The van der Waals surface area contributed by atoms with Crippen molar-refractivity contribution in [2.24, 2.45) is 0 Å². The van der Waals surface area contributed by atoms with Crippen molar-refractivity contribution in [1.82, 2.24) is 30.3 Å². The van der Waals surface area contributed by atoms with Crippen LogP contribution in [0, 0.1) is 11.6 Å². The molecule has 1 atom stereocenters. The van der Waals surface area contributed by atoms with Crippen molar-refractivity contribution in [2.45, 2.75) is 32.0 Å². The lowest BCUT2D eigenvalue weighted by Gasteiger charge is -2.26. The first-order valence-corrected chi connectivity index (χ1v) is 13.6. The third-order valence-corrected chi connectivity index (χ3v) is 6.66. The normalized spacial score (nSPS) is 16.4. The second-order valence-corrected chi connectivity index (χ2v) is 10.3. The van der Waals surface area contributed by atoms with Crippen LogP contribution in [0.3, 0.4) is 0 Å². The molecule has 1 fully saturated rings. The minimum absolute atomic E-state index is 0.0110. The van der Waals surface area contributed by atoms with Crippen molar-refractivity contribution in [3.63, 3.8) is 0 Å². The predicted molar refractivity (Wildman–Crippen MR) is 148 cm³/mol. The molecule has 1 saturated heterocycles. The molecule has 1 aliphatic heterocycles. The number of ether oxygens (including phenoxy) is 1. The number of nitrogens with zero attached hydrogens (tertiary/aromatic N) is 5. The Morgan fingerprint density at radius 2 is 1.82 bits per heavy atom. The van der Waals surface area contributed by atoms with E-state index in [0.29, 0.717) is 12.1 Å². The quantitative estimate of drug-likeness (QED) is 0.255. The molecule has 2 aromatic heterocycles. The fourth-order valence-electron chi connectivity index (χ4n) is 4.56. The summed E-state index contributed by atoms with van der Waals surface area (Å²) in [6, 6.07) is 1.76. The third-order valence-electron chi connectivity index (χ3n) is 6.66. The predicted octanol–water partition coefficient (Wildman–Crippen LogP) is 2.16. The SMILES string of the molecule is CCCN(CCNC(=O)CNC(=O)c1cn2ccncc2n1)c1c(F)cc(N2C[C@](C)(CNC(=O)C(F)(F)F)OC2=O)cc1F. The van der Waals surface area contributed by atoms with Gasteiger partial charge in [-0.1, -0.05) is 6.92 Å². The molecule has 3 aromatic rings. The van der Waals surface area contributed by atoms with Crippen molar-refractivity contribution in [1.29, 1.82) is 0 Å². The Kier molecular flexibility index (Phi) is 9.72. The van der Waals surface area contributed by atoms with Crippen molar-refractivity contribution in [3.8, 4) is 0 Å². The second-order valence-electron chi connectivity index (χ2n) is 10.3. The van der Waals surface area contributed by atoms with Crippen molar-refractivity contribution < 1.29 is 45.9 Å². The number of carbonyl (C=O) groups excluding carboxylic acids is 4. The molecule has 3 heterocycles. The maximum atomic E-state index is 15.3. The molecular weight excluding hydrogens is 611 g/mol. The minimum atomic E-state index is -5.14. The molecule has 0 saturated carbocycles. The second kappa shape index (κ2) is 13.3. The molecule has 4 rings (SSSR count). The van der Waals surface area contributed by atoms with E-state index in [2.05, 4.69) is 20.6 Å². The molecule has 45 heavy (non-hydrogen) atoms. The first-order valence-electron chi connectivity index (χ1n) is 13.6. The van der Waals surface area contributed by atoms with Crippen LogP contribution < -0.4 is 25.8 Å². The Morgan fingerprint density at radius 3 is 2.47 bits per heavy atom. The van der Waals surface area contributed by atoms with Crippen LogP contribution in [0.15, 0.2) is 36.9 Å². The number of alkyl halides is 3.